The van der Waals surface area contributed by atoms with Gasteiger partial charge in [-0.3, -0.25) is 4.72 Å². The molecule has 25 heavy (non-hydrogen) atoms. The Hall–Kier alpha value is -2.64. The molecule has 130 valence electrons. The summed E-state index contributed by atoms with van der Waals surface area (Å²) in [5, 5.41) is 10.4. The van der Waals surface area contributed by atoms with E-state index in [1.165, 1.54) is 24.3 Å². The Morgan fingerprint density at radius 2 is 1.84 bits per heavy atom. The second-order valence-electron chi connectivity index (χ2n) is 6.02. The maximum absolute atomic E-state index is 12.6. The van der Waals surface area contributed by atoms with E-state index in [9.17, 15) is 13.5 Å². The van der Waals surface area contributed by atoms with Gasteiger partial charge in [-0.25, -0.2) is 13.4 Å². The first-order chi connectivity index (χ1) is 11.8. The highest BCUT2D eigenvalue weighted by Gasteiger charge is 2.16. The molecule has 2 N–H and O–H groups in total. The number of nitrogens with zero attached hydrogens (tertiary/aromatic N) is 2. The minimum atomic E-state index is -3.82. The fourth-order valence-corrected chi connectivity index (χ4v) is 3.64. The summed E-state index contributed by atoms with van der Waals surface area (Å²) in [5.41, 5.74) is 1.84. The molecule has 0 unspecified atom stereocenters. The monoisotopic (exact) mass is 357 g/mol. The SMILES string of the molecule is CN(C)Cc1ccc2cccc(NS(=O)(=O)c3cccc(O)c3)c2n1. The van der Waals surface area contributed by atoms with Gasteiger partial charge in [-0.2, -0.15) is 0 Å². The molecule has 6 nitrogen and oxygen atoms in total. The zero-order chi connectivity index (χ0) is 18.0. The van der Waals surface area contributed by atoms with Crippen LogP contribution in [0.25, 0.3) is 10.9 Å². The van der Waals surface area contributed by atoms with Gasteiger partial charge in [-0.15, -0.1) is 0 Å². The third-order valence-electron chi connectivity index (χ3n) is 3.63. The van der Waals surface area contributed by atoms with Crippen molar-refractivity contribution in [1.29, 1.82) is 0 Å². The van der Waals surface area contributed by atoms with Crippen LogP contribution >= 0.6 is 0 Å². The van der Waals surface area contributed by atoms with Crippen molar-refractivity contribution in [2.24, 2.45) is 0 Å². The molecule has 1 aromatic heterocycles. The third-order valence-corrected chi connectivity index (χ3v) is 4.99. The highest BCUT2D eigenvalue weighted by Crippen LogP contribution is 2.25. The van der Waals surface area contributed by atoms with E-state index in [1.807, 2.05) is 37.2 Å². The van der Waals surface area contributed by atoms with Crippen LogP contribution in [0.2, 0.25) is 0 Å². The van der Waals surface area contributed by atoms with E-state index in [4.69, 9.17) is 0 Å². The molecule has 0 aliphatic carbocycles. The fraction of sp³-hybridized carbons (Fsp3) is 0.167. The average molecular weight is 357 g/mol. The molecule has 0 spiro atoms. The van der Waals surface area contributed by atoms with Crippen molar-refractivity contribution in [3.05, 3.63) is 60.3 Å². The number of para-hydroxylation sites is 1. The summed E-state index contributed by atoms with van der Waals surface area (Å²) < 4.78 is 27.8. The van der Waals surface area contributed by atoms with Crippen LogP contribution in [0.1, 0.15) is 5.69 Å². The predicted octanol–water partition coefficient (Wildman–Crippen LogP) is 2.80. The number of phenols is 1. The van der Waals surface area contributed by atoms with E-state index in [1.54, 1.807) is 12.1 Å². The third kappa shape index (κ3) is 3.89. The number of nitrogens with one attached hydrogen (secondary N) is 1. The smallest absolute Gasteiger partial charge is 0.262 e. The summed E-state index contributed by atoms with van der Waals surface area (Å²) in [6, 6.07) is 14.7. The number of hydrogen-bond donors (Lipinski definition) is 2. The maximum atomic E-state index is 12.6. The van der Waals surface area contributed by atoms with Gasteiger partial charge in [0.15, 0.2) is 0 Å². The topological polar surface area (TPSA) is 82.5 Å². The second kappa shape index (κ2) is 6.70. The molecule has 0 bridgehead atoms. The molecule has 0 fully saturated rings. The lowest BCUT2D eigenvalue weighted by Gasteiger charge is -2.13. The Kier molecular flexibility index (Phi) is 4.61. The van der Waals surface area contributed by atoms with E-state index < -0.39 is 10.0 Å². The van der Waals surface area contributed by atoms with E-state index in [2.05, 4.69) is 9.71 Å². The number of aromatic hydroxyl groups is 1. The average Bonchev–Trinajstić information content (AvgIpc) is 2.54. The summed E-state index contributed by atoms with van der Waals surface area (Å²) >= 11 is 0. The van der Waals surface area contributed by atoms with Crippen molar-refractivity contribution >= 4 is 26.6 Å². The number of phenolic OH excluding ortho intramolecular Hbond substituents is 1. The van der Waals surface area contributed by atoms with Crippen LogP contribution in [0, 0.1) is 0 Å². The summed E-state index contributed by atoms with van der Waals surface area (Å²) in [4.78, 5) is 6.58. The van der Waals surface area contributed by atoms with Crippen LogP contribution in [-0.4, -0.2) is 37.5 Å². The number of anilines is 1. The number of aromatic nitrogens is 1. The van der Waals surface area contributed by atoms with Gasteiger partial charge in [0.05, 0.1) is 21.8 Å². The Morgan fingerprint density at radius 1 is 1.08 bits per heavy atom. The van der Waals surface area contributed by atoms with Crippen molar-refractivity contribution in [2.45, 2.75) is 11.4 Å². The molecule has 3 rings (SSSR count). The lowest BCUT2D eigenvalue weighted by molar-refractivity contribution is 0.397. The van der Waals surface area contributed by atoms with Crippen molar-refractivity contribution in [3.63, 3.8) is 0 Å². The quantitative estimate of drug-likeness (QED) is 0.734. The van der Waals surface area contributed by atoms with Crippen molar-refractivity contribution < 1.29 is 13.5 Å². The Bertz CT molecular complexity index is 1020. The summed E-state index contributed by atoms with van der Waals surface area (Å²) in [6.45, 7) is 0.656. The molecule has 0 aliphatic rings. The molecular weight excluding hydrogens is 338 g/mol. The van der Waals surface area contributed by atoms with E-state index >= 15 is 0 Å². The molecule has 0 amide bonds. The van der Waals surface area contributed by atoms with Gasteiger partial charge in [-0.1, -0.05) is 24.3 Å². The van der Waals surface area contributed by atoms with Gasteiger partial charge < -0.3 is 10.0 Å². The van der Waals surface area contributed by atoms with Gasteiger partial charge in [0.1, 0.15) is 5.75 Å². The maximum Gasteiger partial charge on any atom is 0.262 e. The van der Waals surface area contributed by atoms with Crippen LogP contribution in [0.5, 0.6) is 5.75 Å². The van der Waals surface area contributed by atoms with Crippen molar-refractivity contribution in [1.82, 2.24) is 9.88 Å². The molecular formula is C18H19N3O3S. The van der Waals surface area contributed by atoms with Gasteiger partial charge in [-0.05, 0) is 38.4 Å². The number of hydrogen-bond acceptors (Lipinski definition) is 5. The zero-order valence-electron chi connectivity index (χ0n) is 14.0. The first-order valence-corrected chi connectivity index (χ1v) is 9.19. The Morgan fingerprint density at radius 3 is 2.56 bits per heavy atom. The van der Waals surface area contributed by atoms with Crippen LogP contribution in [0.4, 0.5) is 5.69 Å². The molecule has 1 heterocycles. The molecule has 0 saturated carbocycles. The van der Waals surface area contributed by atoms with Crippen LogP contribution in [-0.2, 0) is 16.6 Å². The van der Waals surface area contributed by atoms with Gasteiger partial charge in [0, 0.05) is 18.0 Å². The van der Waals surface area contributed by atoms with Crippen LogP contribution in [0.15, 0.2) is 59.5 Å². The lowest BCUT2D eigenvalue weighted by Crippen LogP contribution is -2.14. The van der Waals surface area contributed by atoms with Crippen LogP contribution < -0.4 is 4.72 Å². The molecule has 0 saturated heterocycles. The summed E-state index contributed by atoms with van der Waals surface area (Å²) in [5.74, 6) is -0.104. The molecule has 0 atom stereocenters. The normalized spacial score (nSPS) is 11.8. The van der Waals surface area contributed by atoms with Crippen molar-refractivity contribution in [2.75, 3.05) is 18.8 Å². The van der Waals surface area contributed by atoms with Crippen LogP contribution in [0.3, 0.4) is 0 Å². The minimum Gasteiger partial charge on any atom is -0.508 e. The zero-order valence-corrected chi connectivity index (χ0v) is 14.8. The van der Waals surface area contributed by atoms with E-state index in [-0.39, 0.29) is 10.6 Å². The number of sulfonamides is 1. The predicted molar refractivity (Wildman–Crippen MR) is 98.0 cm³/mol. The first kappa shape index (κ1) is 17.2. The van der Waals surface area contributed by atoms with E-state index in [0.717, 1.165) is 11.1 Å². The fourth-order valence-electron chi connectivity index (χ4n) is 2.54. The highest BCUT2D eigenvalue weighted by molar-refractivity contribution is 7.92. The largest absolute Gasteiger partial charge is 0.508 e. The number of pyridine rings is 1. The van der Waals surface area contributed by atoms with E-state index in [0.29, 0.717) is 17.7 Å². The molecule has 3 aromatic rings. The number of rotatable bonds is 5. The standard InChI is InChI=1S/C18H19N3O3S/c1-21(2)12-14-10-9-13-5-3-8-17(18(13)19-14)20-25(23,24)16-7-4-6-15(22)11-16/h3-11,20,22H,12H2,1-2H3. The Balaban J connectivity index is 2.03. The highest BCUT2D eigenvalue weighted by atomic mass is 32.2. The second-order valence-corrected chi connectivity index (χ2v) is 7.70. The van der Waals surface area contributed by atoms with Gasteiger partial charge >= 0.3 is 0 Å². The van der Waals surface area contributed by atoms with Gasteiger partial charge in [0.25, 0.3) is 10.0 Å². The summed E-state index contributed by atoms with van der Waals surface area (Å²) in [6.07, 6.45) is 0. The molecule has 7 heteroatoms. The Labute approximate surface area is 146 Å². The molecule has 0 aliphatic heterocycles. The first-order valence-electron chi connectivity index (χ1n) is 7.70. The molecule has 2 aromatic carbocycles. The number of benzene rings is 2. The van der Waals surface area contributed by atoms with Gasteiger partial charge in [0.2, 0.25) is 0 Å². The lowest BCUT2D eigenvalue weighted by atomic mass is 10.2. The minimum absolute atomic E-state index is 0.00560. The molecule has 0 radical (unpaired) electrons. The van der Waals surface area contributed by atoms with Crippen molar-refractivity contribution in [3.8, 4) is 5.75 Å². The number of fused-ring (bicyclic) bond motifs is 1. The summed E-state index contributed by atoms with van der Waals surface area (Å²) in [7, 11) is 0.0700.